The minimum atomic E-state index is 0.891. The van der Waals surface area contributed by atoms with Crippen molar-refractivity contribution in [2.45, 2.75) is 6.42 Å². The molecule has 4 nitrogen and oxygen atoms in total. The lowest BCUT2D eigenvalue weighted by Gasteiger charge is -2.26. The molecule has 0 spiro atoms. The normalized spacial score (nSPS) is 17.6. The van der Waals surface area contributed by atoms with Crippen LogP contribution in [0.2, 0.25) is 0 Å². The van der Waals surface area contributed by atoms with E-state index in [1.807, 2.05) is 18.5 Å². The average molecular weight is 231 g/mol. The molecule has 1 saturated heterocycles. The average Bonchev–Trinajstić information content (AvgIpc) is 2.81. The van der Waals surface area contributed by atoms with Crippen LogP contribution in [0.4, 0.5) is 0 Å². The largest absolute Gasteiger partial charge is 0.462 e. The number of rotatable bonds is 3. The fourth-order valence-electron chi connectivity index (χ4n) is 2.34. The van der Waals surface area contributed by atoms with Gasteiger partial charge in [0.15, 0.2) is 5.58 Å². The molecule has 4 heteroatoms. The molecule has 1 aliphatic rings. The summed E-state index contributed by atoms with van der Waals surface area (Å²) in [6.45, 7) is 5.62. The van der Waals surface area contributed by atoms with Crippen molar-refractivity contribution in [3.05, 3.63) is 30.3 Å². The topological polar surface area (TPSA) is 41.3 Å². The van der Waals surface area contributed by atoms with E-state index in [0.717, 1.165) is 44.7 Å². The maximum absolute atomic E-state index is 5.50. The molecule has 3 heterocycles. The van der Waals surface area contributed by atoms with Gasteiger partial charge in [-0.1, -0.05) is 0 Å². The predicted molar refractivity (Wildman–Crippen MR) is 67.0 cm³/mol. The van der Waals surface area contributed by atoms with Gasteiger partial charge < -0.3 is 14.6 Å². The predicted octanol–water partition coefficient (Wildman–Crippen LogP) is 1.28. The van der Waals surface area contributed by atoms with Gasteiger partial charge in [-0.05, 0) is 18.1 Å². The molecular weight excluding hydrogens is 214 g/mol. The number of piperazine rings is 1. The Labute approximate surface area is 101 Å². The summed E-state index contributed by atoms with van der Waals surface area (Å²) in [7, 11) is 0. The third-order valence-electron chi connectivity index (χ3n) is 3.37. The first-order valence-corrected chi connectivity index (χ1v) is 6.16. The van der Waals surface area contributed by atoms with Crippen molar-refractivity contribution in [2.75, 3.05) is 32.7 Å². The third kappa shape index (κ3) is 2.33. The highest BCUT2D eigenvalue weighted by Crippen LogP contribution is 2.20. The zero-order chi connectivity index (χ0) is 11.5. The van der Waals surface area contributed by atoms with Crippen molar-refractivity contribution in [3.8, 4) is 0 Å². The molecule has 0 radical (unpaired) electrons. The van der Waals surface area contributed by atoms with Crippen LogP contribution in [0.3, 0.4) is 0 Å². The van der Waals surface area contributed by atoms with Crippen LogP contribution in [-0.4, -0.2) is 42.6 Å². The Morgan fingerprint density at radius 3 is 3.12 bits per heavy atom. The fourth-order valence-corrected chi connectivity index (χ4v) is 2.34. The molecule has 90 valence electrons. The lowest BCUT2D eigenvalue weighted by atomic mass is 10.1. The molecule has 1 aliphatic heterocycles. The van der Waals surface area contributed by atoms with E-state index in [9.17, 15) is 0 Å². The third-order valence-corrected chi connectivity index (χ3v) is 3.37. The Hall–Kier alpha value is -1.39. The second kappa shape index (κ2) is 4.85. The van der Waals surface area contributed by atoms with Crippen LogP contribution >= 0.6 is 0 Å². The zero-order valence-corrected chi connectivity index (χ0v) is 9.85. The number of pyridine rings is 1. The summed E-state index contributed by atoms with van der Waals surface area (Å²) in [5.41, 5.74) is 2.18. The summed E-state index contributed by atoms with van der Waals surface area (Å²) in [5, 5.41) is 4.57. The van der Waals surface area contributed by atoms with Crippen molar-refractivity contribution in [1.29, 1.82) is 0 Å². The Bertz CT molecular complexity index is 488. The second-order valence-electron chi connectivity index (χ2n) is 4.47. The lowest BCUT2D eigenvalue weighted by Crippen LogP contribution is -2.44. The van der Waals surface area contributed by atoms with Crippen molar-refractivity contribution in [2.24, 2.45) is 0 Å². The van der Waals surface area contributed by atoms with Gasteiger partial charge in [0.1, 0.15) is 0 Å². The van der Waals surface area contributed by atoms with Crippen molar-refractivity contribution >= 4 is 11.0 Å². The molecule has 3 rings (SSSR count). The van der Waals surface area contributed by atoms with Gasteiger partial charge in [0, 0.05) is 44.3 Å². The van der Waals surface area contributed by atoms with Gasteiger partial charge in [-0.2, -0.15) is 0 Å². The number of aromatic nitrogens is 1. The maximum atomic E-state index is 5.50. The van der Waals surface area contributed by atoms with Crippen molar-refractivity contribution < 1.29 is 4.42 Å². The molecule has 2 aromatic heterocycles. The second-order valence-corrected chi connectivity index (χ2v) is 4.47. The molecule has 0 saturated carbocycles. The van der Waals surface area contributed by atoms with Gasteiger partial charge in [0.25, 0.3) is 0 Å². The summed E-state index contributed by atoms with van der Waals surface area (Å²) >= 11 is 0. The van der Waals surface area contributed by atoms with Crippen LogP contribution in [0.1, 0.15) is 5.56 Å². The number of hydrogen-bond donors (Lipinski definition) is 1. The smallest absolute Gasteiger partial charge is 0.152 e. The van der Waals surface area contributed by atoms with Crippen LogP contribution in [0.15, 0.2) is 29.1 Å². The van der Waals surface area contributed by atoms with Crippen LogP contribution in [0, 0.1) is 0 Å². The van der Waals surface area contributed by atoms with Crippen LogP contribution < -0.4 is 5.32 Å². The van der Waals surface area contributed by atoms with Gasteiger partial charge in [0.05, 0.1) is 12.5 Å². The number of furan rings is 1. The Morgan fingerprint density at radius 2 is 2.24 bits per heavy atom. The van der Waals surface area contributed by atoms with Gasteiger partial charge in [0.2, 0.25) is 0 Å². The van der Waals surface area contributed by atoms with Crippen molar-refractivity contribution in [3.63, 3.8) is 0 Å². The molecule has 0 aliphatic carbocycles. The summed E-state index contributed by atoms with van der Waals surface area (Å²) in [5.74, 6) is 0. The fraction of sp³-hybridized carbons (Fsp3) is 0.462. The highest BCUT2D eigenvalue weighted by atomic mass is 16.3. The monoisotopic (exact) mass is 231 g/mol. The number of fused-ring (bicyclic) bond motifs is 1. The SMILES string of the molecule is c1cc2c(CCN3CCNCC3)coc2cn1. The van der Waals surface area contributed by atoms with E-state index < -0.39 is 0 Å². The maximum Gasteiger partial charge on any atom is 0.152 e. The Kier molecular flexibility index (Phi) is 3.07. The van der Waals surface area contributed by atoms with E-state index in [1.54, 1.807) is 6.20 Å². The summed E-state index contributed by atoms with van der Waals surface area (Å²) < 4.78 is 5.50. The molecule has 0 amide bonds. The molecule has 0 atom stereocenters. The first kappa shape index (κ1) is 10.7. The van der Waals surface area contributed by atoms with E-state index in [1.165, 1.54) is 10.9 Å². The molecule has 0 aromatic carbocycles. The minimum absolute atomic E-state index is 0.891. The lowest BCUT2D eigenvalue weighted by molar-refractivity contribution is 0.244. The number of nitrogens with one attached hydrogen (secondary N) is 1. The summed E-state index contributed by atoms with van der Waals surface area (Å²) in [6.07, 6.45) is 6.53. The molecular formula is C13H17N3O. The van der Waals surface area contributed by atoms with Gasteiger partial charge in [-0.3, -0.25) is 4.98 Å². The van der Waals surface area contributed by atoms with Crippen molar-refractivity contribution in [1.82, 2.24) is 15.2 Å². The highest BCUT2D eigenvalue weighted by Gasteiger charge is 2.11. The molecule has 0 bridgehead atoms. The van der Waals surface area contributed by atoms with Gasteiger partial charge in [-0.25, -0.2) is 0 Å². The molecule has 1 N–H and O–H groups in total. The quantitative estimate of drug-likeness (QED) is 0.864. The minimum Gasteiger partial charge on any atom is -0.462 e. The molecule has 17 heavy (non-hydrogen) atoms. The van der Waals surface area contributed by atoms with Crippen LogP contribution in [0.25, 0.3) is 11.0 Å². The van der Waals surface area contributed by atoms with E-state index in [-0.39, 0.29) is 0 Å². The first-order chi connectivity index (χ1) is 8.43. The Morgan fingerprint density at radius 1 is 1.35 bits per heavy atom. The number of nitrogens with zero attached hydrogens (tertiary/aromatic N) is 2. The molecule has 2 aromatic rings. The Balaban J connectivity index is 1.68. The summed E-state index contributed by atoms with van der Waals surface area (Å²) in [6, 6.07) is 2.03. The zero-order valence-electron chi connectivity index (χ0n) is 9.85. The molecule has 0 unspecified atom stereocenters. The first-order valence-electron chi connectivity index (χ1n) is 6.16. The van der Waals surface area contributed by atoms with Gasteiger partial charge >= 0.3 is 0 Å². The highest BCUT2D eigenvalue weighted by molar-refractivity contribution is 5.79. The van der Waals surface area contributed by atoms with Crippen LogP contribution in [-0.2, 0) is 6.42 Å². The van der Waals surface area contributed by atoms with E-state index >= 15 is 0 Å². The van der Waals surface area contributed by atoms with Gasteiger partial charge in [-0.15, -0.1) is 0 Å². The van der Waals surface area contributed by atoms with Crippen LogP contribution in [0.5, 0.6) is 0 Å². The number of hydrogen-bond acceptors (Lipinski definition) is 4. The summed E-state index contributed by atoms with van der Waals surface area (Å²) in [4.78, 5) is 6.56. The van der Waals surface area contributed by atoms with E-state index in [4.69, 9.17) is 4.42 Å². The standard InChI is InChI=1S/C13H17N3O/c1-3-15-9-13-12(1)11(10-17-13)2-6-16-7-4-14-5-8-16/h1,3,9-10,14H,2,4-8H2. The van der Waals surface area contributed by atoms with E-state index in [0.29, 0.717) is 0 Å². The van der Waals surface area contributed by atoms with E-state index in [2.05, 4.69) is 15.2 Å². The molecule has 1 fully saturated rings.